The Morgan fingerprint density at radius 1 is 1.23 bits per heavy atom. The summed E-state index contributed by atoms with van der Waals surface area (Å²) in [5, 5.41) is 8.80. The molecule has 6 nitrogen and oxygen atoms in total. The number of furan rings is 1. The lowest BCUT2D eigenvalue weighted by atomic mass is 10.2. The van der Waals surface area contributed by atoms with Crippen LogP contribution in [0.1, 0.15) is 20.8 Å². The molecule has 0 radical (unpaired) electrons. The minimum Gasteiger partial charge on any atom is -0.461 e. The van der Waals surface area contributed by atoms with Crippen molar-refractivity contribution in [1.29, 1.82) is 0 Å². The second-order valence-electron chi connectivity index (χ2n) is 6.47. The molecule has 3 rings (SSSR count). The molecule has 0 unspecified atom stereocenters. The number of hydrogen-bond acceptors (Lipinski definition) is 6. The van der Waals surface area contributed by atoms with Crippen LogP contribution in [0.5, 0.6) is 0 Å². The van der Waals surface area contributed by atoms with Crippen molar-refractivity contribution in [3.05, 3.63) is 48.5 Å². The molecule has 2 heterocycles. The Morgan fingerprint density at radius 2 is 1.96 bits per heavy atom. The van der Waals surface area contributed by atoms with E-state index in [1.807, 2.05) is 20.8 Å². The molecule has 0 atom stereocenters. The Kier molecular flexibility index (Phi) is 5.13. The second kappa shape index (κ2) is 7.33. The van der Waals surface area contributed by atoms with E-state index in [0.717, 1.165) is 0 Å². The molecule has 26 heavy (non-hydrogen) atoms. The van der Waals surface area contributed by atoms with Gasteiger partial charge in [-0.25, -0.2) is 4.39 Å². The number of nitrogens with zero attached hydrogens (tertiary/aromatic N) is 3. The zero-order chi connectivity index (χ0) is 18.7. The predicted octanol–water partition coefficient (Wildman–Crippen LogP) is 4.10. The van der Waals surface area contributed by atoms with Gasteiger partial charge in [0.2, 0.25) is 5.82 Å². The number of carbonyl (C=O) groups is 1. The molecule has 3 aromatic rings. The van der Waals surface area contributed by atoms with E-state index in [1.165, 1.54) is 30.2 Å². The predicted molar refractivity (Wildman–Crippen MR) is 95.6 cm³/mol. The van der Waals surface area contributed by atoms with Crippen molar-refractivity contribution < 1.29 is 18.3 Å². The molecule has 1 aromatic carbocycles. The van der Waals surface area contributed by atoms with Crippen molar-refractivity contribution in [2.75, 3.05) is 5.75 Å². The number of halogens is 1. The fourth-order valence-electron chi connectivity index (χ4n) is 2.25. The lowest BCUT2D eigenvalue weighted by Gasteiger charge is -2.19. The van der Waals surface area contributed by atoms with Gasteiger partial charge < -0.3 is 9.15 Å². The lowest BCUT2D eigenvalue weighted by Crippen LogP contribution is -2.25. The topological polar surface area (TPSA) is 70.2 Å². The number of hydrogen-bond donors (Lipinski definition) is 0. The summed E-state index contributed by atoms with van der Waals surface area (Å²) in [6.45, 7) is 5.43. The number of benzene rings is 1. The number of rotatable bonds is 5. The lowest BCUT2D eigenvalue weighted by molar-refractivity contribution is -0.151. The largest absolute Gasteiger partial charge is 0.461 e. The summed E-state index contributed by atoms with van der Waals surface area (Å²) in [7, 11) is 0. The average Bonchev–Trinajstić information content (AvgIpc) is 3.21. The molecular weight excluding hydrogens is 357 g/mol. The van der Waals surface area contributed by atoms with Crippen molar-refractivity contribution in [1.82, 2.24) is 14.8 Å². The van der Waals surface area contributed by atoms with Crippen LogP contribution < -0.4 is 0 Å². The van der Waals surface area contributed by atoms with Gasteiger partial charge in [0.1, 0.15) is 11.4 Å². The van der Waals surface area contributed by atoms with Gasteiger partial charge in [0, 0.05) is 0 Å². The maximum absolute atomic E-state index is 13.3. The van der Waals surface area contributed by atoms with Gasteiger partial charge in [0.05, 0.1) is 17.7 Å². The zero-order valence-corrected chi connectivity index (χ0v) is 15.4. The van der Waals surface area contributed by atoms with E-state index in [4.69, 9.17) is 9.15 Å². The van der Waals surface area contributed by atoms with Crippen LogP contribution in [0.4, 0.5) is 4.39 Å². The monoisotopic (exact) mass is 375 g/mol. The first-order chi connectivity index (χ1) is 12.3. The maximum atomic E-state index is 13.3. The molecule has 0 aliphatic heterocycles. The number of aromatic nitrogens is 3. The summed E-state index contributed by atoms with van der Waals surface area (Å²) in [5.74, 6) is 0.369. The van der Waals surface area contributed by atoms with Crippen molar-refractivity contribution in [2.24, 2.45) is 0 Å². The first kappa shape index (κ1) is 18.2. The second-order valence-corrected chi connectivity index (χ2v) is 7.41. The Bertz CT molecular complexity index is 884. The molecule has 0 saturated heterocycles. The first-order valence-electron chi connectivity index (χ1n) is 7.93. The van der Waals surface area contributed by atoms with Crippen molar-refractivity contribution in [2.45, 2.75) is 31.5 Å². The van der Waals surface area contributed by atoms with E-state index >= 15 is 0 Å². The minimum absolute atomic E-state index is 0.0781. The quantitative estimate of drug-likeness (QED) is 0.494. The summed E-state index contributed by atoms with van der Waals surface area (Å²) in [6.07, 6.45) is 1.53. The third kappa shape index (κ3) is 4.32. The molecule has 0 aliphatic rings. The van der Waals surface area contributed by atoms with E-state index in [-0.39, 0.29) is 17.5 Å². The highest BCUT2D eigenvalue weighted by Gasteiger charge is 2.21. The van der Waals surface area contributed by atoms with Crippen LogP contribution in [0.15, 0.2) is 52.2 Å². The molecule has 0 spiro atoms. The SMILES string of the molecule is CC(C)(C)OC(=O)CSc1nnc(-c2ccco2)n1-c1ccc(F)cc1. The van der Waals surface area contributed by atoms with Crippen LogP contribution in [0, 0.1) is 5.82 Å². The van der Waals surface area contributed by atoms with Crippen LogP contribution in [-0.2, 0) is 9.53 Å². The zero-order valence-electron chi connectivity index (χ0n) is 14.6. The molecular formula is C18H18FN3O3S. The molecule has 0 N–H and O–H groups in total. The van der Waals surface area contributed by atoms with Crippen LogP contribution in [0.3, 0.4) is 0 Å². The molecule has 0 saturated carbocycles. The van der Waals surface area contributed by atoms with Gasteiger partial charge in [-0.3, -0.25) is 9.36 Å². The van der Waals surface area contributed by atoms with Crippen molar-refractivity contribution in [3.63, 3.8) is 0 Å². The fraction of sp³-hybridized carbons (Fsp3) is 0.278. The molecule has 0 amide bonds. The average molecular weight is 375 g/mol. The minimum atomic E-state index is -0.554. The van der Waals surface area contributed by atoms with E-state index in [2.05, 4.69) is 10.2 Å². The van der Waals surface area contributed by atoms with Gasteiger partial charge in [-0.1, -0.05) is 11.8 Å². The maximum Gasteiger partial charge on any atom is 0.316 e. The normalized spacial score (nSPS) is 11.5. The number of esters is 1. The third-order valence-electron chi connectivity index (χ3n) is 3.20. The fourth-order valence-corrected chi connectivity index (χ4v) is 2.97. The van der Waals surface area contributed by atoms with Crippen LogP contribution >= 0.6 is 11.8 Å². The van der Waals surface area contributed by atoms with E-state index in [1.54, 1.807) is 28.8 Å². The molecule has 0 bridgehead atoms. The van der Waals surface area contributed by atoms with Gasteiger partial charge >= 0.3 is 5.97 Å². The Labute approximate surface area is 154 Å². The third-order valence-corrected chi connectivity index (χ3v) is 4.10. The van der Waals surface area contributed by atoms with Gasteiger partial charge in [-0.05, 0) is 57.2 Å². The van der Waals surface area contributed by atoms with Crippen LogP contribution in [0.2, 0.25) is 0 Å². The summed E-state index contributed by atoms with van der Waals surface area (Å²) in [6, 6.07) is 9.43. The van der Waals surface area contributed by atoms with Gasteiger partial charge in [0.25, 0.3) is 0 Å². The molecule has 136 valence electrons. The van der Waals surface area contributed by atoms with E-state index < -0.39 is 5.60 Å². The summed E-state index contributed by atoms with van der Waals surface area (Å²) >= 11 is 1.19. The van der Waals surface area contributed by atoms with Crippen LogP contribution in [-0.4, -0.2) is 32.1 Å². The molecule has 0 aliphatic carbocycles. The number of carbonyl (C=O) groups excluding carboxylic acids is 1. The highest BCUT2D eigenvalue weighted by Crippen LogP contribution is 2.28. The standard InChI is InChI=1S/C18H18FN3O3S/c1-18(2,3)25-15(23)11-26-17-21-20-16(14-5-4-10-24-14)22(17)13-8-6-12(19)7-9-13/h4-10H,11H2,1-3H3. The number of thioether (sulfide) groups is 1. The number of ether oxygens (including phenoxy) is 1. The molecule has 0 fully saturated rings. The smallest absolute Gasteiger partial charge is 0.316 e. The highest BCUT2D eigenvalue weighted by atomic mass is 32.2. The summed E-state index contributed by atoms with van der Waals surface area (Å²) < 4.78 is 25.7. The van der Waals surface area contributed by atoms with Crippen molar-refractivity contribution in [3.8, 4) is 17.3 Å². The Morgan fingerprint density at radius 3 is 2.58 bits per heavy atom. The Balaban J connectivity index is 1.90. The first-order valence-corrected chi connectivity index (χ1v) is 8.92. The Hall–Kier alpha value is -2.61. The summed E-state index contributed by atoms with van der Waals surface area (Å²) in [4.78, 5) is 12.0. The summed E-state index contributed by atoms with van der Waals surface area (Å²) in [5.41, 5.74) is 0.108. The van der Waals surface area contributed by atoms with Crippen molar-refractivity contribution >= 4 is 17.7 Å². The molecule has 2 aromatic heterocycles. The van der Waals surface area contributed by atoms with E-state index in [0.29, 0.717) is 22.4 Å². The van der Waals surface area contributed by atoms with Gasteiger partial charge in [-0.2, -0.15) is 0 Å². The van der Waals surface area contributed by atoms with Crippen LogP contribution in [0.25, 0.3) is 17.3 Å². The molecule has 8 heteroatoms. The van der Waals surface area contributed by atoms with Gasteiger partial charge in [0.15, 0.2) is 10.9 Å². The van der Waals surface area contributed by atoms with E-state index in [9.17, 15) is 9.18 Å². The van der Waals surface area contributed by atoms with Gasteiger partial charge in [-0.15, -0.1) is 10.2 Å². The highest BCUT2D eigenvalue weighted by molar-refractivity contribution is 7.99.